The highest BCUT2D eigenvalue weighted by Gasteiger charge is 2.15. The van der Waals surface area contributed by atoms with Gasteiger partial charge in [-0.2, -0.15) is 0 Å². The van der Waals surface area contributed by atoms with Gasteiger partial charge in [0.2, 0.25) is 11.6 Å². The number of carbonyl (C=O) groups excluding carboxylic acids is 4. The van der Waals surface area contributed by atoms with Gasteiger partial charge in [-0.3, -0.25) is 9.59 Å². The van der Waals surface area contributed by atoms with Crippen molar-refractivity contribution < 1.29 is 28.9 Å². The van der Waals surface area contributed by atoms with Crippen LogP contribution < -0.4 is 0 Å². The summed E-state index contributed by atoms with van der Waals surface area (Å²) >= 11 is 0. The van der Waals surface area contributed by atoms with E-state index in [4.69, 9.17) is 9.68 Å². The summed E-state index contributed by atoms with van der Waals surface area (Å²) in [5, 5.41) is 7.37. The van der Waals surface area contributed by atoms with Crippen molar-refractivity contribution in [2.75, 3.05) is 0 Å². The molecule has 4 aromatic rings. The molecule has 0 saturated heterocycles. The first-order valence-corrected chi connectivity index (χ1v) is 12.3. The third-order valence-corrected chi connectivity index (χ3v) is 5.83. The molecule has 0 heterocycles. The van der Waals surface area contributed by atoms with E-state index in [2.05, 4.69) is 10.3 Å². The van der Waals surface area contributed by atoms with E-state index < -0.39 is 11.9 Å². The van der Waals surface area contributed by atoms with Gasteiger partial charge < -0.3 is 9.68 Å². The van der Waals surface area contributed by atoms with Gasteiger partial charge in [0, 0.05) is 11.1 Å². The Balaban J connectivity index is 1.37. The molecular formula is C32H24N2O6. The number of Topliss-reactive ketones (excluding diaryl/α,β-unsaturated/α-hetero) is 2. The van der Waals surface area contributed by atoms with Gasteiger partial charge >= 0.3 is 11.9 Å². The molecule has 198 valence electrons. The van der Waals surface area contributed by atoms with Crippen molar-refractivity contribution in [3.63, 3.8) is 0 Å². The number of rotatable bonds is 9. The quantitative estimate of drug-likeness (QED) is 0.110. The summed E-state index contributed by atoms with van der Waals surface area (Å²) in [5.74, 6) is -2.06. The summed E-state index contributed by atoms with van der Waals surface area (Å²) in [4.78, 5) is 59.2. The summed E-state index contributed by atoms with van der Waals surface area (Å²) in [5.41, 5.74) is 3.13. The number of nitrogens with zero attached hydrogens (tertiary/aromatic N) is 2. The van der Waals surface area contributed by atoms with E-state index in [9.17, 15) is 19.2 Å². The molecule has 0 spiro atoms. The highest BCUT2D eigenvalue weighted by atomic mass is 16.7. The van der Waals surface area contributed by atoms with Crippen molar-refractivity contribution in [1.29, 1.82) is 0 Å². The lowest BCUT2D eigenvalue weighted by molar-refractivity contribution is 0.0506. The van der Waals surface area contributed by atoms with E-state index in [1.807, 2.05) is 0 Å². The minimum absolute atomic E-state index is 0.0337. The molecule has 0 aliphatic carbocycles. The molecule has 0 amide bonds. The standard InChI is InChI=1S/C32H24N2O6/c1-21(33-39-31(37)27-9-5-3-6-10-27)29(35)25-17-13-23(14-18-25)24-15-19-26(20-16-24)30(36)22(2)34-40-32(38)28-11-7-4-8-12-28/h3-20H,1-2H3. The van der Waals surface area contributed by atoms with Crippen LogP contribution in [0.1, 0.15) is 55.3 Å². The van der Waals surface area contributed by atoms with Crippen molar-refractivity contribution in [3.05, 3.63) is 131 Å². The van der Waals surface area contributed by atoms with Gasteiger partial charge in [0.15, 0.2) is 0 Å². The SMILES string of the molecule is CC(=NOC(=O)c1ccccc1)C(=O)c1ccc(-c2ccc(C(=O)C(C)=NOC(=O)c3ccccc3)cc2)cc1. The normalized spacial score (nSPS) is 11.4. The van der Waals surface area contributed by atoms with Gasteiger partial charge in [-0.15, -0.1) is 0 Å². The molecule has 0 aromatic heterocycles. The van der Waals surface area contributed by atoms with Crippen LogP contribution in [-0.2, 0) is 9.68 Å². The molecule has 0 N–H and O–H groups in total. The molecule has 8 heteroatoms. The predicted molar refractivity (Wildman–Crippen MR) is 150 cm³/mol. The van der Waals surface area contributed by atoms with Gasteiger partial charge in [-0.25, -0.2) is 9.59 Å². The Morgan fingerprint density at radius 1 is 0.450 bits per heavy atom. The van der Waals surface area contributed by atoms with E-state index >= 15 is 0 Å². The predicted octanol–water partition coefficient (Wildman–Crippen LogP) is 6.18. The fraction of sp³-hybridized carbons (Fsp3) is 0.0625. The van der Waals surface area contributed by atoms with Crippen molar-refractivity contribution >= 4 is 34.9 Å². The molecule has 0 fully saturated rings. The molecule has 0 aliphatic rings. The second kappa shape index (κ2) is 12.8. The summed E-state index contributed by atoms with van der Waals surface area (Å²) in [7, 11) is 0. The molecule has 0 aliphatic heterocycles. The Kier molecular flexibility index (Phi) is 8.84. The Morgan fingerprint density at radius 3 is 1.10 bits per heavy atom. The first-order chi connectivity index (χ1) is 19.3. The van der Waals surface area contributed by atoms with Crippen molar-refractivity contribution in [1.82, 2.24) is 0 Å². The highest BCUT2D eigenvalue weighted by Crippen LogP contribution is 2.21. The first-order valence-electron chi connectivity index (χ1n) is 12.3. The molecule has 0 bridgehead atoms. The Bertz CT molecular complexity index is 1470. The maximum absolute atomic E-state index is 12.7. The van der Waals surface area contributed by atoms with E-state index in [1.54, 1.807) is 109 Å². The van der Waals surface area contributed by atoms with Gasteiger partial charge in [0.05, 0.1) is 11.1 Å². The Morgan fingerprint density at radius 2 is 0.775 bits per heavy atom. The van der Waals surface area contributed by atoms with Gasteiger partial charge in [-0.1, -0.05) is 95.2 Å². The largest absolute Gasteiger partial charge is 0.365 e. The van der Waals surface area contributed by atoms with Crippen LogP contribution in [0.4, 0.5) is 0 Å². The van der Waals surface area contributed by atoms with Gasteiger partial charge in [0.25, 0.3) is 0 Å². The fourth-order valence-electron chi connectivity index (χ4n) is 3.60. The lowest BCUT2D eigenvalue weighted by Gasteiger charge is -2.06. The molecule has 4 aromatic carbocycles. The average Bonchev–Trinajstić information content (AvgIpc) is 3.02. The number of carbonyl (C=O) groups is 4. The van der Waals surface area contributed by atoms with Crippen LogP contribution in [0.15, 0.2) is 120 Å². The molecule has 0 saturated carbocycles. The van der Waals surface area contributed by atoms with E-state index in [1.165, 1.54) is 13.8 Å². The minimum Gasteiger partial charge on any atom is -0.312 e. The lowest BCUT2D eigenvalue weighted by Crippen LogP contribution is -2.13. The average molecular weight is 533 g/mol. The highest BCUT2D eigenvalue weighted by molar-refractivity contribution is 6.45. The number of hydrogen-bond acceptors (Lipinski definition) is 8. The zero-order valence-electron chi connectivity index (χ0n) is 21.7. The zero-order chi connectivity index (χ0) is 28.5. The third kappa shape index (κ3) is 6.87. The topological polar surface area (TPSA) is 111 Å². The van der Waals surface area contributed by atoms with Gasteiger partial charge in [0.1, 0.15) is 11.4 Å². The van der Waals surface area contributed by atoms with Crippen LogP contribution in [0.5, 0.6) is 0 Å². The van der Waals surface area contributed by atoms with E-state index in [0.29, 0.717) is 22.3 Å². The van der Waals surface area contributed by atoms with E-state index in [-0.39, 0.29) is 23.0 Å². The lowest BCUT2D eigenvalue weighted by atomic mass is 9.99. The van der Waals surface area contributed by atoms with Crippen LogP contribution in [-0.4, -0.2) is 34.9 Å². The third-order valence-electron chi connectivity index (χ3n) is 5.83. The molecule has 0 atom stereocenters. The Hall–Kier alpha value is -5.50. The number of hydrogen-bond donors (Lipinski definition) is 0. The molecule has 8 nitrogen and oxygen atoms in total. The first kappa shape index (κ1) is 27.5. The number of oxime groups is 2. The van der Waals surface area contributed by atoms with Crippen LogP contribution in [0.2, 0.25) is 0 Å². The van der Waals surface area contributed by atoms with Gasteiger partial charge in [-0.05, 0) is 49.2 Å². The van der Waals surface area contributed by atoms with Crippen LogP contribution in [0, 0.1) is 0 Å². The monoisotopic (exact) mass is 532 g/mol. The maximum Gasteiger partial charge on any atom is 0.365 e. The van der Waals surface area contributed by atoms with Crippen molar-refractivity contribution in [2.24, 2.45) is 10.3 Å². The van der Waals surface area contributed by atoms with Crippen molar-refractivity contribution in [2.45, 2.75) is 13.8 Å². The molecule has 40 heavy (non-hydrogen) atoms. The van der Waals surface area contributed by atoms with Crippen LogP contribution >= 0.6 is 0 Å². The molecule has 4 rings (SSSR count). The summed E-state index contributed by atoms with van der Waals surface area (Å²) in [6, 6.07) is 30.4. The number of benzene rings is 4. The molecular weight excluding hydrogens is 508 g/mol. The summed E-state index contributed by atoms with van der Waals surface area (Å²) in [6.45, 7) is 2.94. The van der Waals surface area contributed by atoms with Crippen molar-refractivity contribution in [3.8, 4) is 11.1 Å². The second-order valence-corrected chi connectivity index (χ2v) is 8.66. The number of ketones is 2. The Labute approximate surface area is 230 Å². The molecule has 0 radical (unpaired) electrons. The summed E-state index contributed by atoms with van der Waals surface area (Å²) < 4.78 is 0. The summed E-state index contributed by atoms with van der Waals surface area (Å²) in [6.07, 6.45) is 0. The maximum atomic E-state index is 12.7. The van der Waals surface area contributed by atoms with E-state index in [0.717, 1.165) is 11.1 Å². The van der Waals surface area contributed by atoms with Crippen LogP contribution in [0.25, 0.3) is 11.1 Å². The fourth-order valence-corrected chi connectivity index (χ4v) is 3.60. The zero-order valence-corrected chi connectivity index (χ0v) is 21.7. The second-order valence-electron chi connectivity index (χ2n) is 8.66. The smallest absolute Gasteiger partial charge is 0.312 e. The molecule has 0 unspecified atom stereocenters. The minimum atomic E-state index is -0.653. The van der Waals surface area contributed by atoms with Crippen LogP contribution in [0.3, 0.4) is 0 Å².